The third-order valence-corrected chi connectivity index (χ3v) is 6.76. The lowest BCUT2D eigenvalue weighted by atomic mass is 9.99. The van der Waals surface area contributed by atoms with E-state index in [-0.39, 0.29) is 18.1 Å². The van der Waals surface area contributed by atoms with E-state index in [0.29, 0.717) is 37.3 Å². The molecule has 12 heteroatoms. The zero-order valence-corrected chi connectivity index (χ0v) is 23.9. The van der Waals surface area contributed by atoms with E-state index in [0.717, 1.165) is 43.5 Å². The number of methoxy groups -OCH3 is 2. The standard InChI is InChI=1S/C28H38N2O5.C2HF3O2/c1-34-19-16-21-8-10-23(11-9-21)28(33)25(20-30-17-3-4-18-30)29-27(32)7-5-6-26(31)22-12-14-24(35-2)15-13-22;3-2(4,5)1(6)7/h8-15,25,28,33H,3-7,16-20H2,1-2H3,(H,29,32);(H,6,7)/t25-,28-;/m1./s1. The van der Waals surface area contributed by atoms with Gasteiger partial charge in [-0.25, -0.2) is 4.79 Å². The summed E-state index contributed by atoms with van der Waals surface area (Å²) in [5.41, 5.74) is 2.54. The zero-order valence-electron chi connectivity index (χ0n) is 23.9. The number of ketones is 1. The zero-order chi connectivity index (χ0) is 31.1. The molecule has 1 amide bonds. The van der Waals surface area contributed by atoms with Gasteiger partial charge in [-0.1, -0.05) is 24.3 Å². The van der Waals surface area contributed by atoms with E-state index >= 15 is 0 Å². The summed E-state index contributed by atoms with van der Waals surface area (Å²) in [6, 6.07) is 14.4. The topological polar surface area (TPSA) is 125 Å². The maximum absolute atomic E-state index is 12.8. The van der Waals surface area contributed by atoms with Crippen LogP contribution in [-0.4, -0.2) is 85.5 Å². The van der Waals surface area contributed by atoms with Crippen molar-refractivity contribution < 1.29 is 47.2 Å². The highest BCUT2D eigenvalue weighted by molar-refractivity contribution is 5.96. The molecule has 0 unspecified atom stereocenters. The Morgan fingerprint density at radius 2 is 1.57 bits per heavy atom. The highest BCUT2D eigenvalue weighted by atomic mass is 19.4. The molecule has 0 spiro atoms. The number of rotatable bonds is 14. The minimum absolute atomic E-state index is 0.00247. The number of alkyl halides is 3. The van der Waals surface area contributed by atoms with Gasteiger partial charge in [-0.2, -0.15) is 13.2 Å². The summed E-state index contributed by atoms with van der Waals surface area (Å²) in [5.74, 6) is -2.20. The van der Waals surface area contributed by atoms with E-state index in [4.69, 9.17) is 19.4 Å². The number of aliphatic hydroxyl groups is 1. The van der Waals surface area contributed by atoms with Crippen LogP contribution in [0.25, 0.3) is 0 Å². The predicted molar refractivity (Wildman–Crippen MR) is 149 cm³/mol. The number of hydrogen-bond donors (Lipinski definition) is 3. The number of carboxylic acids is 1. The van der Waals surface area contributed by atoms with Gasteiger partial charge < -0.3 is 29.9 Å². The van der Waals surface area contributed by atoms with Crippen LogP contribution in [-0.2, 0) is 20.7 Å². The number of carbonyl (C=O) groups excluding carboxylic acids is 2. The van der Waals surface area contributed by atoms with Crippen LogP contribution in [0.15, 0.2) is 48.5 Å². The quantitative estimate of drug-likeness (QED) is 0.278. The number of nitrogens with zero attached hydrogens (tertiary/aromatic N) is 1. The van der Waals surface area contributed by atoms with Crippen LogP contribution in [0.4, 0.5) is 13.2 Å². The SMILES string of the molecule is COCCc1ccc([C@@H](O)[C@@H](CN2CCCC2)NC(=O)CCCC(=O)c2ccc(OC)cc2)cc1.O=C(O)C(F)(F)F. The minimum Gasteiger partial charge on any atom is -0.497 e. The number of hydrogen-bond acceptors (Lipinski definition) is 7. The third-order valence-electron chi connectivity index (χ3n) is 6.76. The number of aliphatic hydroxyl groups excluding tert-OH is 1. The second-order valence-electron chi connectivity index (χ2n) is 9.92. The Morgan fingerprint density at radius 3 is 2.10 bits per heavy atom. The van der Waals surface area contributed by atoms with Crippen LogP contribution >= 0.6 is 0 Å². The van der Waals surface area contributed by atoms with Gasteiger partial charge in [0.05, 0.1) is 19.8 Å². The molecule has 0 bridgehead atoms. The Balaban J connectivity index is 0.000000782. The molecule has 1 aliphatic heterocycles. The second kappa shape index (κ2) is 17.5. The lowest BCUT2D eigenvalue weighted by Gasteiger charge is -2.29. The molecule has 9 nitrogen and oxygen atoms in total. The van der Waals surface area contributed by atoms with E-state index in [1.807, 2.05) is 24.3 Å². The number of carboxylic acid groups (broad SMARTS) is 1. The fourth-order valence-electron chi connectivity index (χ4n) is 4.41. The monoisotopic (exact) mass is 596 g/mol. The van der Waals surface area contributed by atoms with Gasteiger partial charge in [-0.15, -0.1) is 0 Å². The lowest BCUT2D eigenvalue weighted by molar-refractivity contribution is -0.192. The van der Waals surface area contributed by atoms with Crippen molar-refractivity contribution in [3.63, 3.8) is 0 Å². The van der Waals surface area contributed by atoms with Crippen LogP contribution in [0.1, 0.15) is 59.7 Å². The van der Waals surface area contributed by atoms with Crippen molar-refractivity contribution in [1.29, 1.82) is 0 Å². The van der Waals surface area contributed by atoms with Crippen molar-refractivity contribution in [2.75, 3.05) is 40.5 Å². The smallest absolute Gasteiger partial charge is 0.490 e. The van der Waals surface area contributed by atoms with Gasteiger partial charge in [-0.05, 0) is 74.2 Å². The molecule has 0 saturated carbocycles. The first kappa shape index (κ1) is 34.7. The first-order valence-corrected chi connectivity index (χ1v) is 13.7. The molecule has 1 fully saturated rings. The number of carbonyl (C=O) groups is 3. The molecule has 2 aromatic rings. The summed E-state index contributed by atoms with van der Waals surface area (Å²) in [6.07, 6.45) is -1.81. The fourth-order valence-corrected chi connectivity index (χ4v) is 4.41. The number of likely N-dealkylation sites (tertiary alicyclic amines) is 1. The normalized spacial score (nSPS) is 14.8. The average molecular weight is 597 g/mol. The van der Waals surface area contributed by atoms with Gasteiger partial charge in [0.25, 0.3) is 0 Å². The molecule has 2 aromatic carbocycles. The van der Waals surface area contributed by atoms with E-state index in [2.05, 4.69) is 10.2 Å². The van der Waals surface area contributed by atoms with E-state index in [1.165, 1.54) is 0 Å². The fraction of sp³-hybridized carbons (Fsp3) is 0.500. The Labute approximate surface area is 243 Å². The van der Waals surface area contributed by atoms with Gasteiger partial charge in [-0.3, -0.25) is 9.59 Å². The first-order chi connectivity index (χ1) is 19.9. The Kier molecular flexibility index (Phi) is 14.4. The van der Waals surface area contributed by atoms with Gasteiger partial charge in [0.1, 0.15) is 11.9 Å². The molecule has 1 saturated heterocycles. The minimum atomic E-state index is -5.08. The van der Waals surface area contributed by atoms with Crippen molar-refractivity contribution in [3.8, 4) is 5.75 Å². The number of benzene rings is 2. The van der Waals surface area contributed by atoms with Gasteiger partial charge >= 0.3 is 12.1 Å². The summed E-state index contributed by atoms with van der Waals surface area (Å²) in [7, 11) is 3.26. The Bertz CT molecular complexity index is 1120. The van der Waals surface area contributed by atoms with Crippen LogP contribution < -0.4 is 10.1 Å². The summed E-state index contributed by atoms with van der Waals surface area (Å²) in [5, 5.41) is 21.3. The van der Waals surface area contributed by atoms with E-state index in [9.17, 15) is 27.9 Å². The predicted octanol–water partition coefficient (Wildman–Crippen LogP) is 4.18. The highest BCUT2D eigenvalue weighted by Crippen LogP contribution is 2.21. The van der Waals surface area contributed by atoms with Crippen molar-refractivity contribution in [3.05, 3.63) is 65.2 Å². The molecule has 1 aliphatic rings. The number of aliphatic carboxylic acids is 1. The lowest BCUT2D eigenvalue weighted by Crippen LogP contribution is -2.46. The van der Waals surface area contributed by atoms with Crippen molar-refractivity contribution in [2.24, 2.45) is 0 Å². The van der Waals surface area contributed by atoms with Crippen LogP contribution in [0.5, 0.6) is 5.75 Å². The summed E-state index contributed by atoms with van der Waals surface area (Å²) in [4.78, 5) is 36.4. The molecule has 232 valence electrons. The van der Waals surface area contributed by atoms with Crippen molar-refractivity contribution >= 4 is 17.7 Å². The van der Waals surface area contributed by atoms with Gasteiger partial charge in [0.2, 0.25) is 5.91 Å². The maximum atomic E-state index is 12.8. The van der Waals surface area contributed by atoms with Crippen molar-refractivity contribution in [1.82, 2.24) is 10.2 Å². The molecule has 0 aliphatic carbocycles. The molecular weight excluding hydrogens is 557 g/mol. The van der Waals surface area contributed by atoms with E-state index < -0.39 is 24.3 Å². The number of Topliss-reactive ketones (excluding diaryl/α,β-unsaturated/α-hetero) is 1. The summed E-state index contributed by atoms with van der Waals surface area (Å²) in [6.45, 7) is 3.20. The Morgan fingerprint density at radius 1 is 0.976 bits per heavy atom. The molecular formula is C30H39F3N2O7. The van der Waals surface area contributed by atoms with Crippen LogP contribution in [0, 0.1) is 0 Å². The molecule has 42 heavy (non-hydrogen) atoms. The molecule has 0 radical (unpaired) electrons. The highest BCUT2D eigenvalue weighted by Gasteiger charge is 2.38. The maximum Gasteiger partial charge on any atom is 0.490 e. The second-order valence-corrected chi connectivity index (χ2v) is 9.92. The molecule has 3 rings (SSSR count). The summed E-state index contributed by atoms with van der Waals surface area (Å²) >= 11 is 0. The molecule has 1 heterocycles. The van der Waals surface area contributed by atoms with Gasteiger partial charge in [0.15, 0.2) is 5.78 Å². The van der Waals surface area contributed by atoms with Crippen molar-refractivity contribution in [2.45, 2.75) is 56.8 Å². The summed E-state index contributed by atoms with van der Waals surface area (Å²) < 4.78 is 42.0. The van der Waals surface area contributed by atoms with Gasteiger partial charge in [0, 0.05) is 32.1 Å². The molecule has 2 atom stereocenters. The number of halogens is 3. The third kappa shape index (κ3) is 12.2. The number of amides is 1. The molecule has 3 N–H and O–H groups in total. The number of ether oxygens (including phenoxy) is 2. The Hall–Kier alpha value is -3.48. The van der Waals surface area contributed by atoms with Crippen LogP contribution in [0.2, 0.25) is 0 Å². The number of nitrogens with one attached hydrogen (secondary N) is 1. The van der Waals surface area contributed by atoms with E-state index in [1.54, 1.807) is 38.5 Å². The molecule has 0 aromatic heterocycles. The largest absolute Gasteiger partial charge is 0.497 e. The average Bonchev–Trinajstić information content (AvgIpc) is 3.48. The van der Waals surface area contributed by atoms with Crippen LogP contribution in [0.3, 0.4) is 0 Å². The first-order valence-electron chi connectivity index (χ1n) is 13.7.